The molecule has 3 rings (SSSR count). The van der Waals surface area contributed by atoms with Crippen LogP contribution in [0.4, 0.5) is 5.69 Å². The zero-order chi connectivity index (χ0) is 22.4. The first kappa shape index (κ1) is 23.2. The van der Waals surface area contributed by atoms with Crippen molar-refractivity contribution in [1.82, 2.24) is 10.2 Å². The fourth-order valence-electron chi connectivity index (χ4n) is 4.00. The second kappa shape index (κ2) is 10.7. The summed E-state index contributed by atoms with van der Waals surface area (Å²) in [4.78, 5) is 16.6. The number of amides is 1. The molecule has 1 heterocycles. The van der Waals surface area contributed by atoms with Crippen LogP contribution in [-0.4, -0.2) is 86.2 Å². The second-order valence-corrected chi connectivity index (χ2v) is 8.24. The van der Waals surface area contributed by atoms with E-state index in [9.17, 15) is 15.0 Å². The van der Waals surface area contributed by atoms with Gasteiger partial charge in [0, 0.05) is 38.4 Å². The van der Waals surface area contributed by atoms with E-state index in [2.05, 4.69) is 22.3 Å². The molecule has 0 bridgehead atoms. The molecule has 0 unspecified atom stereocenters. The molecule has 2 aromatic rings. The number of hydrogen-bond acceptors (Lipinski definition) is 6. The Labute approximate surface area is 184 Å². The van der Waals surface area contributed by atoms with Crippen molar-refractivity contribution in [1.29, 1.82) is 0 Å². The lowest BCUT2D eigenvalue weighted by molar-refractivity contribution is -0.0209. The van der Waals surface area contributed by atoms with Gasteiger partial charge >= 0.3 is 0 Å². The molecule has 2 aromatic carbocycles. The average Bonchev–Trinajstić information content (AvgIpc) is 3.11. The van der Waals surface area contributed by atoms with E-state index in [1.165, 1.54) is 5.56 Å². The van der Waals surface area contributed by atoms with E-state index in [4.69, 9.17) is 4.74 Å². The highest BCUT2D eigenvalue weighted by atomic mass is 16.5. The predicted octanol–water partition coefficient (Wildman–Crippen LogP) is 1.15. The summed E-state index contributed by atoms with van der Waals surface area (Å²) in [5.41, 5.74) is 2.80. The third kappa shape index (κ3) is 5.83. The smallest absolute Gasteiger partial charge is 0.251 e. The largest absolute Gasteiger partial charge is 0.394 e. The number of hydrogen-bond donors (Lipinski definition) is 3. The SMILES string of the molecule is CN(C)c1ccc(C(=O)NC[C@H]2O[C@@H](CO)[C@@H](O)[C@H]2N(C)CCc2ccccc2)cc1. The maximum atomic E-state index is 12.6. The van der Waals surface area contributed by atoms with Crippen molar-refractivity contribution in [2.75, 3.05) is 45.7 Å². The first-order chi connectivity index (χ1) is 14.9. The summed E-state index contributed by atoms with van der Waals surface area (Å²) in [5.74, 6) is -0.193. The first-order valence-electron chi connectivity index (χ1n) is 10.6. The van der Waals surface area contributed by atoms with Gasteiger partial charge in [-0.15, -0.1) is 0 Å². The fourth-order valence-corrected chi connectivity index (χ4v) is 4.00. The van der Waals surface area contributed by atoms with Gasteiger partial charge in [0.15, 0.2) is 0 Å². The Morgan fingerprint density at radius 2 is 1.71 bits per heavy atom. The normalized spacial score (nSPS) is 23.2. The van der Waals surface area contributed by atoms with Gasteiger partial charge < -0.3 is 25.2 Å². The van der Waals surface area contributed by atoms with E-state index >= 15 is 0 Å². The number of benzene rings is 2. The highest BCUT2D eigenvalue weighted by Gasteiger charge is 2.45. The van der Waals surface area contributed by atoms with Crippen LogP contribution in [-0.2, 0) is 11.2 Å². The molecular weight excluding hydrogens is 394 g/mol. The van der Waals surface area contributed by atoms with Crippen LogP contribution >= 0.6 is 0 Å². The lowest BCUT2D eigenvalue weighted by Gasteiger charge is -2.30. The van der Waals surface area contributed by atoms with Crippen molar-refractivity contribution >= 4 is 11.6 Å². The van der Waals surface area contributed by atoms with Gasteiger partial charge in [-0.2, -0.15) is 0 Å². The quantitative estimate of drug-likeness (QED) is 0.557. The standard InChI is InChI=1S/C24H33N3O4/c1-26(2)19-11-9-18(10-12-19)24(30)25-15-20-22(23(29)21(16-28)31-20)27(3)14-13-17-7-5-4-6-8-17/h4-12,20-23,28-29H,13-16H2,1-3H3,(H,25,30)/t20-,21+,22+,23-/m1/s1. The van der Waals surface area contributed by atoms with Crippen LogP contribution in [0.1, 0.15) is 15.9 Å². The number of carbonyl (C=O) groups excluding carboxylic acids is 1. The summed E-state index contributed by atoms with van der Waals surface area (Å²) in [6, 6.07) is 17.2. The number of nitrogens with zero attached hydrogens (tertiary/aromatic N) is 2. The van der Waals surface area contributed by atoms with Crippen LogP contribution < -0.4 is 10.2 Å². The summed E-state index contributed by atoms with van der Waals surface area (Å²) in [6.45, 7) is 0.715. The molecule has 3 N–H and O–H groups in total. The van der Waals surface area contributed by atoms with E-state index in [1.54, 1.807) is 12.1 Å². The van der Waals surface area contributed by atoms with Crippen molar-refractivity contribution in [2.24, 2.45) is 0 Å². The molecular formula is C24H33N3O4. The number of rotatable bonds is 9. The lowest BCUT2D eigenvalue weighted by atomic mass is 10.0. The van der Waals surface area contributed by atoms with Gasteiger partial charge in [0.2, 0.25) is 0 Å². The van der Waals surface area contributed by atoms with Crippen molar-refractivity contribution in [3.63, 3.8) is 0 Å². The van der Waals surface area contributed by atoms with Crippen LogP contribution in [0.5, 0.6) is 0 Å². The van der Waals surface area contributed by atoms with Crippen LogP contribution in [0.25, 0.3) is 0 Å². The molecule has 7 heteroatoms. The predicted molar refractivity (Wildman–Crippen MR) is 121 cm³/mol. The van der Waals surface area contributed by atoms with Gasteiger partial charge in [0.25, 0.3) is 5.91 Å². The van der Waals surface area contributed by atoms with Gasteiger partial charge in [0.1, 0.15) is 12.2 Å². The highest BCUT2D eigenvalue weighted by molar-refractivity contribution is 5.94. The first-order valence-corrected chi connectivity index (χ1v) is 10.6. The lowest BCUT2D eigenvalue weighted by Crippen LogP contribution is -2.50. The molecule has 1 fully saturated rings. The summed E-state index contributed by atoms with van der Waals surface area (Å²) >= 11 is 0. The van der Waals surface area contributed by atoms with E-state index < -0.39 is 18.3 Å². The Kier molecular flexibility index (Phi) is 8.03. The van der Waals surface area contributed by atoms with Crippen molar-refractivity contribution in [2.45, 2.75) is 30.8 Å². The molecule has 4 atom stereocenters. The van der Waals surface area contributed by atoms with Crippen molar-refractivity contribution in [3.8, 4) is 0 Å². The summed E-state index contributed by atoms with van der Waals surface area (Å²) in [6.07, 6.45) is -1.07. The van der Waals surface area contributed by atoms with Gasteiger partial charge in [-0.05, 0) is 43.3 Å². The minimum absolute atomic E-state index is 0.193. The van der Waals surface area contributed by atoms with Crippen LogP contribution in [0, 0.1) is 0 Å². The summed E-state index contributed by atoms with van der Waals surface area (Å²) < 4.78 is 5.88. The van der Waals surface area contributed by atoms with Gasteiger partial charge in [-0.3, -0.25) is 9.69 Å². The maximum absolute atomic E-state index is 12.6. The third-order valence-electron chi connectivity index (χ3n) is 5.86. The molecule has 0 aliphatic carbocycles. The summed E-state index contributed by atoms with van der Waals surface area (Å²) in [7, 11) is 5.84. The van der Waals surface area contributed by atoms with Crippen molar-refractivity contribution in [3.05, 3.63) is 65.7 Å². The number of anilines is 1. The monoisotopic (exact) mass is 427 g/mol. The molecule has 31 heavy (non-hydrogen) atoms. The molecule has 0 radical (unpaired) electrons. The van der Waals surface area contributed by atoms with Crippen molar-refractivity contribution < 1.29 is 19.7 Å². The zero-order valence-corrected chi connectivity index (χ0v) is 18.4. The Morgan fingerprint density at radius 3 is 2.32 bits per heavy atom. The van der Waals surface area contributed by atoms with E-state index in [-0.39, 0.29) is 25.1 Å². The topological polar surface area (TPSA) is 85.3 Å². The second-order valence-electron chi connectivity index (χ2n) is 8.24. The zero-order valence-electron chi connectivity index (χ0n) is 18.4. The number of aliphatic hydroxyl groups is 2. The molecule has 168 valence electrons. The molecule has 1 saturated heterocycles. The number of carbonyl (C=O) groups is 1. The van der Waals surface area contributed by atoms with Crippen LogP contribution in [0.15, 0.2) is 54.6 Å². The fraction of sp³-hybridized carbons (Fsp3) is 0.458. The molecule has 7 nitrogen and oxygen atoms in total. The Morgan fingerprint density at radius 1 is 1.03 bits per heavy atom. The molecule has 0 saturated carbocycles. The average molecular weight is 428 g/mol. The number of likely N-dealkylation sites (N-methyl/N-ethyl adjacent to an activating group) is 1. The molecule has 1 amide bonds. The molecule has 1 aliphatic rings. The third-order valence-corrected chi connectivity index (χ3v) is 5.86. The number of nitrogens with one attached hydrogen (secondary N) is 1. The van der Waals surface area contributed by atoms with Gasteiger partial charge in [0.05, 0.1) is 18.8 Å². The Bertz CT molecular complexity index is 828. The number of ether oxygens (including phenoxy) is 1. The maximum Gasteiger partial charge on any atom is 0.251 e. The molecule has 0 aromatic heterocycles. The van der Waals surface area contributed by atoms with E-state index in [0.717, 1.165) is 18.7 Å². The summed E-state index contributed by atoms with van der Waals surface area (Å²) in [5, 5.41) is 23.2. The molecule has 1 aliphatic heterocycles. The van der Waals surface area contributed by atoms with E-state index in [0.29, 0.717) is 5.56 Å². The van der Waals surface area contributed by atoms with Gasteiger partial charge in [-0.1, -0.05) is 30.3 Å². The van der Waals surface area contributed by atoms with Crippen LogP contribution in [0.2, 0.25) is 0 Å². The number of aliphatic hydroxyl groups excluding tert-OH is 2. The highest BCUT2D eigenvalue weighted by Crippen LogP contribution is 2.25. The Hall–Kier alpha value is -2.45. The van der Waals surface area contributed by atoms with Crippen LogP contribution in [0.3, 0.4) is 0 Å². The van der Waals surface area contributed by atoms with E-state index in [1.807, 2.05) is 56.4 Å². The van der Waals surface area contributed by atoms with Gasteiger partial charge in [-0.25, -0.2) is 0 Å². The molecule has 0 spiro atoms. The minimum atomic E-state index is -0.827. The Balaban J connectivity index is 1.61. The minimum Gasteiger partial charge on any atom is -0.394 e.